The summed E-state index contributed by atoms with van der Waals surface area (Å²) >= 11 is 1.39. The predicted molar refractivity (Wildman–Crippen MR) is 125 cm³/mol. The maximum atomic E-state index is 13.0. The van der Waals surface area contributed by atoms with Crippen molar-refractivity contribution in [1.82, 2.24) is 14.9 Å². The van der Waals surface area contributed by atoms with Gasteiger partial charge in [-0.3, -0.25) is 9.59 Å². The van der Waals surface area contributed by atoms with Crippen LogP contribution >= 0.6 is 11.3 Å². The number of piperidine rings is 1. The van der Waals surface area contributed by atoms with E-state index in [9.17, 15) is 9.59 Å². The highest BCUT2D eigenvalue weighted by Gasteiger charge is 2.25. The molecule has 31 heavy (non-hydrogen) atoms. The van der Waals surface area contributed by atoms with Crippen molar-refractivity contribution < 1.29 is 9.59 Å². The second kappa shape index (κ2) is 8.38. The monoisotopic (exact) mass is 436 g/mol. The van der Waals surface area contributed by atoms with Crippen LogP contribution in [0.15, 0.2) is 18.2 Å². The fourth-order valence-corrected chi connectivity index (χ4v) is 5.54. The number of aromatic nitrogens is 2. The van der Waals surface area contributed by atoms with Crippen LogP contribution in [0.5, 0.6) is 0 Å². The van der Waals surface area contributed by atoms with Crippen LogP contribution in [-0.2, 0) is 0 Å². The highest BCUT2D eigenvalue weighted by Crippen LogP contribution is 2.32. The van der Waals surface area contributed by atoms with Gasteiger partial charge in [0.1, 0.15) is 10.7 Å². The fraction of sp³-hybridized carbons (Fsp3) is 0.417. The lowest BCUT2D eigenvalue weighted by atomic mass is 10.0. The Hall–Kier alpha value is -2.80. The average Bonchev–Trinajstić information content (AvgIpc) is 3.05. The highest BCUT2D eigenvalue weighted by atomic mass is 32.1. The molecule has 0 spiro atoms. The smallest absolute Gasteiger partial charge is 0.266 e. The van der Waals surface area contributed by atoms with E-state index < -0.39 is 0 Å². The van der Waals surface area contributed by atoms with E-state index in [-0.39, 0.29) is 17.9 Å². The van der Waals surface area contributed by atoms with E-state index >= 15 is 0 Å². The molecule has 3 heterocycles. The Morgan fingerprint density at radius 2 is 1.90 bits per heavy atom. The number of thiophene rings is 1. The number of carbonyl (C=O) groups is 2. The molecule has 1 fully saturated rings. The van der Waals surface area contributed by atoms with Crippen LogP contribution in [-0.4, -0.2) is 39.3 Å². The van der Waals surface area contributed by atoms with Gasteiger partial charge in [-0.1, -0.05) is 0 Å². The molecule has 0 bridgehead atoms. The molecule has 6 nitrogen and oxygen atoms in total. The van der Waals surface area contributed by atoms with Crippen molar-refractivity contribution in [2.24, 2.45) is 0 Å². The second-order valence-electron chi connectivity index (χ2n) is 8.42. The Kier molecular flexibility index (Phi) is 5.79. The summed E-state index contributed by atoms with van der Waals surface area (Å²) in [6.45, 7) is 10.6. The largest absolute Gasteiger partial charge is 0.336 e. The number of fused-ring (bicyclic) bond motifs is 1. The van der Waals surface area contributed by atoms with E-state index in [0.717, 1.165) is 46.4 Å². The van der Waals surface area contributed by atoms with Gasteiger partial charge in [-0.05, 0) is 83.2 Å². The molecular weight excluding hydrogens is 408 g/mol. The number of likely N-dealkylation sites (tertiary alicyclic amines) is 1. The van der Waals surface area contributed by atoms with Gasteiger partial charge in [0.2, 0.25) is 0 Å². The number of rotatable bonds is 3. The van der Waals surface area contributed by atoms with Crippen LogP contribution in [0.4, 0.5) is 5.69 Å². The Labute approximate surface area is 186 Å². The van der Waals surface area contributed by atoms with Gasteiger partial charge in [-0.25, -0.2) is 9.97 Å². The number of aryl methyl sites for hydroxylation is 4. The quantitative estimate of drug-likeness (QED) is 0.613. The number of nitrogens with zero attached hydrogens (tertiary/aromatic N) is 3. The molecule has 1 saturated heterocycles. The first kappa shape index (κ1) is 21.4. The van der Waals surface area contributed by atoms with Gasteiger partial charge in [0.05, 0.1) is 4.88 Å². The normalized spacial score (nSPS) is 16.5. The van der Waals surface area contributed by atoms with Crippen molar-refractivity contribution in [2.75, 3.05) is 11.9 Å². The van der Waals surface area contributed by atoms with Crippen LogP contribution in [0.25, 0.3) is 10.2 Å². The van der Waals surface area contributed by atoms with E-state index in [1.165, 1.54) is 17.8 Å². The molecule has 3 aromatic rings. The topological polar surface area (TPSA) is 75.2 Å². The summed E-state index contributed by atoms with van der Waals surface area (Å²) in [6, 6.07) is 5.78. The molecule has 1 N–H and O–H groups in total. The fourth-order valence-electron chi connectivity index (χ4n) is 4.37. The summed E-state index contributed by atoms with van der Waals surface area (Å²) in [7, 11) is 0. The first-order valence-electron chi connectivity index (χ1n) is 10.7. The third kappa shape index (κ3) is 4.06. The zero-order valence-electron chi connectivity index (χ0n) is 18.7. The maximum absolute atomic E-state index is 13.0. The number of hydrogen-bond acceptors (Lipinski definition) is 5. The second-order valence-corrected chi connectivity index (χ2v) is 9.42. The Morgan fingerprint density at radius 1 is 1.13 bits per heavy atom. The zero-order chi connectivity index (χ0) is 22.3. The molecule has 1 unspecified atom stereocenters. The third-order valence-electron chi connectivity index (χ3n) is 6.07. The van der Waals surface area contributed by atoms with E-state index in [2.05, 4.69) is 22.2 Å². The number of hydrogen-bond donors (Lipinski definition) is 1. The van der Waals surface area contributed by atoms with Crippen molar-refractivity contribution in [3.05, 3.63) is 51.3 Å². The average molecular weight is 437 g/mol. The van der Waals surface area contributed by atoms with E-state index in [1.807, 2.05) is 50.8 Å². The lowest BCUT2D eigenvalue weighted by Gasteiger charge is -2.33. The Balaban J connectivity index is 1.57. The Bertz CT molecular complexity index is 1180. The van der Waals surface area contributed by atoms with E-state index in [1.54, 1.807) is 0 Å². The van der Waals surface area contributed by atoms with Crippen LogP contribution in [0.3, 0.4) is 0 Å². The molecular formula is C24H28N4O2S. The first-order chi connectivity index (χ1) is 14.8. The van der Waals surface area contributed by atoms with Crippen LogP contribution in [0.2, 0.25) is 0 Å². The summed E-state index contributed by atoms with van der Waals surface area (Å²) < 4.78 is 0. The molecule has 1 atom stereocenters. The SMILES string of the molecule is Cc1nc(C)c2c(C)c(C(=O)Nc3ccc(C(=O)N4CCCCC4C)cc3C)sc2n1. The molecule has 2 aromatic heterocycles. The molecule has 1 aromatic carbocycles. The first-order valence-corrected chi connectivity index (χ1v) is 11.5. The van der Waals surface area contributed by atoms with Crippen LogP contribution in [0, 0.1) is 27.7 Å². The zero-order valence-corrected chi connectivity index (χ0v) is 19.5. The highest BCUT2D eigenvalue weighted by molar-refractivity contribution is 7.20. The molecule has 0 radical (unpaired) electrons. The van der Waals surface area contributed by atoms with Crippen molar-refractivity contribution in [2.45, 2.75) is 59.9 Å². The van der Waals surface area contributed by atoms with E-state index in [0.29, 0.717) is 22.0 Å². The lowest BCUT2D eigenvalue weighted by Crippen LogP contribution is -2.42. The molecule has 7 heteroatoms. The van der Waals surface area contributed by atoms with Crippen molar-refractivity contribution >= 4 is 39.1 Å². The van der Waals surface area contributed by atoms with Crippen molar-refractivity contribution in [3.63, 3.8) is 0 Å². The maximum Gasteiger partial charge on any atom is 0.266 e. The molecule has 162 valence electrons. The summed E-state index contributed by atoms with van der Waals surface area (Å²) in [4.78, 5) is 38.3. The predicted octanol–water partition coefficient (Wildman–Crippen LogP) is 5.19. The van der Waals surface area contributed by atoms with Gasteiger partial charge < -0.3 is 10.2 Å². The van der Waals surface area contributed by atoms with Gasteiger partial charge in [-0.2, -0.15) is 0 Å². The van der Waals surface area contributed by atoms with Crippen LogP contribution in [0.1, 0.15) is 68.9 Å². The molecule has 0 aliphatic carbocycles. The number of nitrogens with one attached hydrogen (secondary N) is 1. The summed E-state index contributed by atoms with van der Waals surface area (Å²) in [6.07, 6.45) is 3.29. The molecule has 2 amide bonds. The summed E-state index contributed by atoms with van der Waals surface area (Å²) in [5.74, 6) is 0.611. The minimum Gasteiger partial charge on any atom is -0.336 e. The minimum atomic E-state index is -0.163. The number of anilines is 1. The van der Waals surface area contributed by atoms with E-state index in [4.69, 9.17) is 0 Å². The standard InChI is InChI=1S/C24H28N4O2S/c1-13-12-18(24(30)28-11-7-6-8-14(28)2)9-10-19(13)27-22(29)21-15(3)20-16(4)25-17(5)26-23(20)31-21/h9-10,12,14H,6-8,11H2,1-5H3,(H,27,29). The summed E-state index contributed by atoms with van der Waals surface area (Å²) in [5, 5.41) is 3.97. The number of benzene rings is 1. The summed E-state index contributed by atoms with van der Waals surface area (Å²) in [5.41, 5.74) is 4.04. The molecule has 1 aliphatic heterocycles. The van der Waals surface area contributed by atoms with Crippen molar-refractivity contribution in [3.8, 4) is 0 Å². The number of carbonyl (C=O) groups excluding carboxylic acids is 2. The lowest BCUT2D eigenvalue weighted by molar-refractivity contribution is 0.0635. The molecule has 0 saturated carbocycles. The van der Waals surface area contributed by atoms with Gasteiger partial charge in [-0.15, -0.1) is 11.3 Å². The van der Waals surface area contributed by atoms with Crippen molar-refractivity contribution in [1.29, 1.82) is 0 Å². The van der Waals surface area contributed by atoms with Gasteiger partial charge in [0.15, 0.2) is 0 Å². The molecule has 4 rings (SSSR count). The van der Waals surface area contributed by atoms with Gasteiger partial charge >= 0.3 is 0 Å². The van der Waals surface area contributed by atoms with Crippen LogP contribution < -0.4 is 5.32 Å². The third-order valence-corrected chi connectivity index (χ3v) is 7.26. The van der Waals surface area contributed by atoms with Gasteiger partial charge in [0.25, 0.3) is 11.8 Å². The molecule has 1 aliphatic rings. The van der Waals surface area contributed by atoms with Gasteiger partial charge in [0, 0.05) is 34.9 Å². The minimum absolute atomic E-state index is 0.0675. The number of amides is 2. The Morgan fingerprint density at radius 3 is 2.61 bits per heavy atom.